The van der Waals surface area contributed by atoms with E-state index in [2.05, 4.69) is 10.3 Å². The van der Waals surface area contributed by atoms with Gasteiger partial charge in [-0.05, 0) is 56.3 Å². The molecule has 112 valence electrons. The summed E-state index contributed by atoms with van der Waals surface area (Å²) >= 11 is 11.9. The quantitative estimate of drug-likeness (QED) is 0.867. The highest BCUT2D eigenvalue weighted by atomic mass is 35.5. The number of nitrogens with zero attached hydrogens (tertiary/aromatic N) is 1. The predicted octanol–water partition coefficient (Wildman–Crippen LogP) is 4.54. The lowest BCUT2D eigenvalue weighted by atomic mass is 9.49. The number of pyridine rings is 1. The van der Waals surface area contributed by atoms with Crippen molar-refractivity contribution in [3.63, 3.8) is 0 Å². The highest BCUT2D eigenvalue weighted by Gasteiger charge is 2.54. The van der Waals surface area contributed by atoms with Gasteiger partial charge in [0.25, 0.3) is 0 Å². The van der Waals surface area contributed by atoms with Crippen LogP contribution in [0.15, 0.2) is 12.3 Å². The number of hydrogen-bond acceptors (Lipinski definition) is 2. The van der Waals surface area contributed by atoms with E-state index in [4.69, 9.17) is 23.2 Å². The smallest absolute Gasteiger partial charge is 0.231 e. The first-order chi connectivity index (χ1) is 10.0. The Kier molecular flexibility index (Phi) is 3.20. The molecule has 5 rings (SSSR count). The fourth-order valence-corrected chi connectivity index (χ4v) is 5.38. The molecule has 0 aliphatic heterocycles. The number of halogens is 2. The van der Waals surface area contributed by atoms with E-state index in [0.717, 1.165) is 37.0 Å². The van der Waals surface area contributed by atoms with Gasteiger partial charge in [0, 0.05) is 12.3 Å². The maximum absolute atomic E-state index is 12.8. The van der Waals surface area contributed by atoms with Crippen molar-refractivity contribution in [2.24, 2.45) is 23.2 Å². The largest absolute Gasteiger partial charge is 0.310 e. The molecule has 4 aliphatic carbocycles. The second-order valence-electron chi connectivity index (χ2n) is 7.14. The van der Waals surface area contributed by atoms with Gasteiger partial charge in [0.15, 0.2) is 0 Å². The maximum atomic E-state index is 12.8. The standard InChI is InChI=1S/C16H18Cl2N2O/c17-12-4-14(19-8-13(12)18)20-15(21)16-5-9-1-10(6-16)3-11(2-9)7-16/h4,8-11H,1-3,5-7H2,(H,19,20,21). The number of anilines is 1. The van der Waals surface area contributed by atoms with Crippen LogP contribution in [0, 0.1) is 23.2 Å². The zero-order chi connectivity index (χ0) is 14.6. The highest BCUT2D eigenvalue weighted by molar-refractivity contribution is 6.42. The van der Waals surface area contributed by atoms with Crippen molar-refractivity contribution in [3.8, 4) is 0 Å². The molecule has 4 fully saturated rings. The molecule has 5 heteroatoms. The molecule has 0 atom stereocenters. The van der Waals surface area contributed by atoms with Gasteiger partial charge in [-0.1, -0.05) is 23.2 Å². The molecule has 4 saturated carbocycles. The first-order valence-corrected chi connectivity index (χ1v) is 8.42. The summed E-state index contributed by atoms with van der Waals surface area (Å²) < 4.78 is 0. The molecule has 0 radical (unpaired) electrons. The van der Waals surface area contributed by atoms with Crippen LogP contribution in [-0.2, 0) is 4.79 Å². The normalized spacial score (nSPS) is 36.8. The monoisotopic (exact) mass is 324 g/mol. The number of rotatable bonds is 2. The van der Waals surface area contributed by atoms with E-state index >= 15 is 0 Å². The Hall–Kier alpha value is -0.800. The van der Waals surface area contributed by atoms with Gasteiger partial charge in [-0.3, -0.25) is 4.79 Å². The van der Waals surface area contributed by atoms with Crippen molar-refractivity contribution in [1.82, 2.24) is 4.98 Å². The minimum atomic E-state index is -0.164. The summed E-state index contributed by atoms with van der Waals surface area (Å²) in [6, 6.07) is 1.63. The fraction of sp³-hybridized carbons (Fsp3) is 0.625. The van der Waals surface area contributed by atoms with Crippen LogP contribution in [0.2, 0.25) is 10.0 Å². The van der Waals surface area contributed by atoms with E-state index in [1.807, 2.05) is 0 Å². The Morgan fingerprint density at radius 3 is 2.19 bits per heavy atom. The van der Waals surface area contributed by atoms with Gasteiger partial charge in [0.2, 0.25) is 5.91 Å². The van der Waals surface area contributed by atoms with Crippen LogP contribution in [-0.4, -0.2) is 10.9 Å². The van der Waals surface area contributed by atoms with E-state index in [9.17, 15) is 4.79 Å². The van der Waals surface area contributed by atoms with Gasteiger partial charge in [-0.25, -0.2) is 4.98 Å². The summed E-state index contributed by atoms with van der Waals surface area (Å²) in [6.45, 7) is 0. The van der Waals surface area contributed by atoms with Gasteiger partial charge in [-0.2, -0.15) is 0 Å². The average molecular weight is 325 g/mol. The summed E-state index contributed by atoms with van der Waals surface area (Å²) in [5.41, 5.74) is -0.164. The van der Waals surface area contributed by atoms with Crippen molar-refractivity contribution >= 4 is 34.9 Å². The van der Waals surface area contributed by atoms with Gasteiger partial charge in [-0.15, -0.1) is 0 Å². The topological polar surface area (TPSA) is 42.0 Å². The molecule has 1 heterocycles. The molecule has 0 aromatic carbocycles. The number of aromatic nitrogens is 1. The third-order valence-corrected chi connectivity index (χ3v) is 6.28. The number of amides is 1. The van der Waals surface area contributed by atoms with Gasteiger partial charge >= 0.3 is 0 Å². The van der Waals surface area contributed by atoms with Crippen LogP contribution in [0.3, 0.4) is 0 Å². The lowest BCUT2D eigenvalue weighted by Crippen LogP contribution is -2.51. The number of carbonyl (C=O) groups excluding carboxylic acids is 1. The Balaban J connectivity index is 1.56. The van der Waals surface area contributed by atoms with E-state index < -0.39 is 0 Å². The fourth-order valence-electron chi connectivity index (χ4n) is 5.12. The van der Waals surface area contributed by atoms with Crippen LogP contribution in [0.25, 0.3) is 0 Å². The number of hydrogen-bond donors (Lipinski definition) is 1. The molecule has 0 spiro atoms. The summed E-state index contributed by atoms with van der Waals surface area (Å²) in [7, 11) is 0. The second kappa shape index (κ2) is 4.85. The first-order valence-electron chi connectivity index (χ1n) is 7.66. The molecule has 1 N–H and O–H groups in total. The van der Waals surface area contributed by atoms with Crippen molar-refractivity contribution in [2.75, 3.05) is 5.32 Å². The third-order valence-electron chi connectivity index (χ3n) is 5.57. The van der Waals surface area contributed by atoms with Crippen LogP contribution in [0.5, 0.6) is 0 Å². The zero-order valence-electron chi connectivity index (χ0n) is 11.7. The minimum absolute atomic E-state index is 0.132. The Morgan fingerprint density at radius 2 is 1.67 bits per heavy atom. The van der Waals surface area contributed by atoms with Crippen LogP contribution >= 0.6 is 23.2 Å². The first kappa shape index (κ1) is 13.8. The van der Waals surface area contributed by atoms with E-state index in [-0.39, 0.29) is 11.3 Å². The highest BCUT2D eigenvalue weighted by Crippen LogP contribution is 2.60. The van der Waals surface area contributed by atoms with Crippen LogP contribution in [0.4, 0.5) is 5.82 Å². The number of carbonyl (C=O) groups is 1. The molecule has 1 aromatic heterocycles. The molecule has 1 aromatic rings. The van der Waals surface area contributed by atoms with E-state index in [1.54, 1.807) is 6.07 Å². The predicted molar refractivity (Wildman–Crippen MR) is 83.5 cm³/mol. The molecule has 1 amide bonds. The van der Waals surface area contributed by atoms with E-state index in [1.165, 1.54) is 25.5 Å². The summed E-state index contributed by atoms with van der Waals surface area (Å²) in [5, 5.41) is 3.80. The SMILES string of the molecule is O=C(Nc1cc(Cl)c(Cl)cn1)C12CC3CC(CC(C3)C1)C2. The Bertz CT molecular complexity index is 567. The lowest BCUT2D eigenvalue weighted by Gasteiger charge is -2.55. The Morgan fingerprint density at radius 1 is 1.10 bits per heavy atom. The summed E-state index contributed by atoms with van der Waals surface area (Å²) in [4.78, 5) is 17.0. The molecule has 4 bridgehead atoms. The number of nitrogens with one attached hydrogen (secondary N) is 1. The molecule has 4 aliphatic rings. The average Bonchev–Trinajstić information content (AvgIpc) is 2.41. The van der Waals surface area contributed by atoms with Gasteiger partial charge < -0.3 is 5.32 Å². The van der Waals surface area contributed by atoms with E-state index in [0.29, 0.717) is 15.9 Å². The zero-order valence-corrected chi connectivity index (χ0v) is 13.3. The van der Waals surface area contributed by atoms with Crippen molar-refractivity contribution < 1.29 is 4.79 Å². The van der Waals surface area contributed by atoms with Gasteiger partial charge in [0.1, 0.15) is 5.82 Å². The second-order valence-corrected chi connectivity index (χ2v) is 7.95. The van der Waals surface area contributed by atoms with Crippen LogP contribution in [0.1, 0.15) is 38.5 Å². The molecule has 3 nitrogen and oxygen atoms in total. The molecule has 0 saturated heterocycles. The van der Waals surface area contributed by atoms with Gasteiger partial charge in [0.05, 0.1) is 15.5 Å². The lowest BCUT2D eigenvalue weighted by molar-refractivity contribution is -0.140. The molecular weight excluding hydrogens is 307 g/mol. The van der Waals surface area contributed by atoms with Crippen molar-refractivity contribution in [2.45, 2.75) is 38.5 Å². The summed E-state index contributed by atoms with van der Waals surface area (Å²) in [6.07, 6.45) is 8.62. The molecule has 0 unspecified atom stereocenters. The minimum Gasteiger partial charge on any atom is -0.310 e. The summed E-state index contributed by atoms with van der Waals surface area (Å²) in [5.74, 6) is 2.90. The maximum Gasteiger partial charge on any atom is 0.231 e. The molecular formula is C16H18Cl2N2O. The van der Waals surface area contributed by atoms with Crippen LogP contribution < -0.4 is 5.32 Å². The third kappa shape index (κ3) is 2.35. The Labute approximate surface area is 134 Å². The van der Waals surface area contributed by atoms with Crippen molar-refractivity contribution in [1.29, 1.82) is 0 Å². The van der Waals surface area contributed by atoms with Crippen molar-refractivity contribution in [3.05, 3.63) is 22.3 Å². The molecule has 21 heavy (non-hydrogen) atoms.